The molecule has 0 spiro atoms. The molecule has 3 aliphatic heterocycles. The highest BCUT2D eigenvalue weighted by atomic mass is 35.5. The van der Waals surface area contributed by atoms with Crippen molar-refractivity contribution in [2.75, 3.05) is 25.0 Å². The second-order valence-corrected chi connectivity index (χ2v) is 6.66. The Kier molecular flexibility index (Phi) is 5.13. The van der Waals surface area contributed by atoms with Crippen LogP contribution in [0, 0.1) is 5.92 Å². The van der Waals surface area contributed by atoms with Crippen LogP contribution in [0.2, 0.25) is 5.02 Å². The highest BCUT2D eigenvalue weighted by molar-refractivity contribution is 6.30. The molecule has 2 amide bonds. The normalized spacial score (nSPS) is 25.9. The van der Waals surface area contributed by atoms with E-state index in [4.69, 9.17) is 11.6 Å². The maximum absolute atomic E-state index is 12.0. The summed E-state index contributed by atoms with van der Waals surface area (Å²) in [4.78, 5) is 30.3. The molecular formula is C16H21ClN4O2. The van der Waals surface area contributed by atoms with Crippen LogP contribution in [0.25, 0.3) is 0 Å². The third-order valence-electron chi connectivity index (χ3n) is 4.58. The number of halogens is 1. The van der Waals surface area contributed by atoms with E-state index in [0.717, 1.165) is 32.5 Å². The molecule has 0 radical (unpaired) electrons. The van der Waals surface area contributed by atoms with E-state index in [0.29, 0.717) is 16.8 Å². The van der Waals surface area contributed by atoms with Crippen molar-refractivity contribution in [2.45, 2.75) is 31.7 Å². The Morgan fingerprint density at radius 3 is 2.57 bits per heavy atom. The molecule has 1 aromatic rings. The lowest BCUT2D eigenvalue weighted by atomic mass is 9.84. The lowest BCUT2D eigenvalue weighted by Crippen LogP contribution is -2.57. The fourth-order valence-electron chi connectivity index (χ4n) is 3.29. The largest absolute Gasteiger partial charge is 0.352 e. The first-order chi connectivity index (χ1) is 11.1. The Morgan fingerprint density at radius 2 is 1.96 bits per heavy atom. The van der Waals surface area contributed by atoms with Crippen molar-refractivity contribution in [1.82, 2.24) is 15.2 Å². The van der Waals surface area contributed by atoms with Gasteiger partial charge in [-0.25, -0.2) is 4.98 Å². The van der Waals surface area contributed by atoms with Gasteiger partial charge in [-0.2, -0.15) is 0 Å². The van der Waals surface area contributed by atoms with Gasteiger partial charge in [0.15, 0.2) is 0 Å². The molecule has 4 rings (SSSR count). The minimum absolute atomic E-state index is 0.0528. The molecule has 6 nitrogen and oxygen atoms in total. The maximum Gasteiger partial charge on any atom is 0.226 e. The van der Waals surface area contributed by atoms with Crippen LogP contribution >= 0.6 is 11.6 Å². The van der Waals surface area contributed by atoms with Gasteiger partial charge in [-0.1, -0.05) is 11.6 Å². The van der Waals surface area contributed by atoms with Gasteiger partial charge in [0.05, 0.1) is 5.02 Å². The van der Waals surface area contributed by atoms with Crippen LogP contribution in [0.1, 0.15) is 25.7 Å². The predicted octanol–water partition coefficient (Wildman–Crippen LogP) is 1.66. The molecule has 3 saturated heterocycles. The molecule has 3 fully saturated rings. The van der Waals surface area contributed by atoms with Gasteiger partial charge in [-0.3, -0.25) is 9.59 Å². The average Bonchev–Trinajstić information content (AvgIpc) is 2.56. The summed E-state index contributed by atoms with van der Waals surface area (Å²) in [6.07, 6.45) is 4.14. The molecule has 0 saturated carbocycles. The number of carbonyl (C=O) groups excluding carboxylic acids is 2. The van der Waals surface area contributed by atoms with Crippen molar-refractivity contribution in [1.29, 1.82) is 0 Å². The van der Waals surface area contributed by atoms with Crippen molar-refractivity contribution in [3.63, 3.8) is 0 Å². The molecule has 0 aromatic carbocycles. The van der Waals surface area contributed by atoms with Crippen molar-refractivity contribution in [3.05, 3.63) is 23.4 Å². The van der Waals surface area contributed by atoms with Crippen LogP contribution in [0.3, 0.4) is 0 Å². The highest BCUT2D eigenvalue weighted by Crippen LogP contribution is 2.27. The van der Waals surface area contributed by atoms with Crippen molar-refractivity contribution in [2.24, 2.45) is 5.92 Å². The van der Waals surface area contributed by atoms with E-state index in [1.165, 1.54) is 6.20 Å². The quantitative estimate of drug-likeness (QED) is 0.857. The number of aromatic nitrogens is 1. The molecule has 3 aliphatic rings. The van der Waals surface area contributed by atoms with Crippen LogP contribution in [0.15, 0.2) is 18.3 Å². The Labute approximate surface area is 140 Å². The first kappa shape index (κ1) is 16.2. The van der Waals surface area contributed by atoms with Crippen molar-refractivity contribution < 1.29 is 9.59 Å². The van der Waals surface area contributed by atoms with E-state index >= 15 is 0 Å². The van der Waals surface area contributed by atoms with Crippen LogP contribution in [-0.4, -0.2) is 47.4 Å². The van der Waals surface area contributed by atoms with Gasteiger partial charge in [0.1, 0.15) is 5.82 Å². The van der Waals surface area contributed by atoms with Gasteiger partial charge in [0.2, 0.25) is 11.8 Å². The molecule has 0 aliphatic carbocycles. The molecule has 1 unspecified atom stereocenters. The number of nitrogens with one attached hydrogen (secondary N) is 2. The van der Waals surface area contributed by atoms with Crippen molar-refractivity contribution in [3.8, 4) is 0 Å². The maximum atomic E-state index is 12.0. The SMILES string of the molecule is O=C(CCC(=O)NC1CN2CCC1CC2)Nc1ccc(Cl)cn1. The standard InChI is InChI=1S/C16H21ClN4O2/c17-12-1-2-14(18-9-12)20-16(23)4-3-15(22)19-13-10-21-7-5-11(13)6-8-21/h1-2,9,11,13H,3-8,10H2,(H,19,22)(H,18,20,23). The Hall–Kier alpha value is -1.66. The summed E-state index contributed by atoms with van der Waals surface area (Å²) in [6.45, 7) is 3.23. The topological polar surface area (TPSA) is 74.3 Å². The fourth-order valence-corrected chi connectivity index (χ4v) is 3.40. The van der Waals surface area contributed by atoms with E-state index < -0.39 is 0 Å². The lowest BCUT2D eigenvalue weighted by molar-refractivity contribution is -0.125. The predicted molar refractivity (Wildman–Crippen MR) is 88.2 cm³/mol. The number of nitrogens with zero attached hydrogens (tertiary/aromatic N) is 2. The number of fused-ring (bicyclic) bond motifs is 3. The molecule has 1 aromatic heterocycles. The molecule has 4 heterocycles. The molecule has 2 bridgehead atoms. The number of hydrogen-bond acceptors (Lipinski definition) is 4. The second kappa shape index (κ2) is 7.27. The average molecular weight is 337 g/mol. The van der Waals surface area contributed by atoms with Crippen LogP contribution in [0.5, 0.6) is 0 Å². The summed E-state index contributed by atoms with van der Waals surface area (Å²) in [6, 6.07) is 3.53. The molecule has 1 atom stereocenters. The summed E-state index contributed by atoms with van der Waals surface area (Å²) in [5, 5.41) is 6.26. The number of pyridine rings is 1. The minimum atomic E-state index is -0.219. The number of piperidine rings is 3. The molecule has 23 heavy (non-hydrogen) atoms. The Morgan fingerprint density at radius 1 is 1.22 bits per heavy atom. The third kappa shape index (κ3) is 4.42. The summed E-state index contributed by atoms with van der Waals surface area (Å²) in [5.41, 5.74) is 0. The smallest absolute Gasteiger partial charge is 0.226 e. The number of hydrogen-bond donors (Lipinski definition) is 2. The monoisotopic (exact) mass is 336 g/mol. The van der Waals surface area contributed by atoms with Gasteiger partial charge >= 0.3 is 0 Å². The minimum Gasteiger partial charge on any atom is -0.352 e. The van der Waals surface area contributed by atoms with Crippen LogP contribution < -0.4 is 10.6 Å². The highest BCUT2D eigenvalue weighted by Gasteiger charge is 2.34. The summed E-state index contributed by atoms with van der Waals surface area (Å²) in [5.74, 6) is 0.764. The Bertz CT molecular complexity index is 570. The van der Waals surface area contributed by atoms with Crippen LogP contribution in [-0.2, 0) is 9.59 Å². The summed E-state index contributed by atoms with van der Waals surface area (Å²) < 4.78 is 0. The summed E-state index contributed by atoms with van der Waals surface area (Å²) in [7, 11) is 0. The van der Waals surface area contributed by atoms with Crippen molar-refractivity contribution >= 4 is 29.2 Å². The van der Waals surface area contributed by atoms with E-state index in [9.17, 15) is 9.59 Å². The third-order valence-corrected chi connectivity index (χ3v) is 4.80. The first-order valence-electron chi connectivity index (χ1n) is 8.03. The van der Waals surface area contributed by atoms with Gasteiger partial charge in [0.25, 0.3) is 0 Å². The lowest BCUT2D eigenvalue weighted by Gasteiger charge is -2.44. The first-order valence-corrected chi connectivity index (χ1v) is 8.41. The van der Waals surface area contributed by atoms with Gasteiger partial charge in [0, 0.05) is 31.6 Å². The second-order valence-electron chi connectivity index (χ2n) is 6.22. The van der Waals surface area contributed by atoms with Crippen LogP contribution in [0.4, 0.5) is 5.82 Å². The zero-order valence-electron chi connectivity index (χ0n) is 12.9. The number of amides is 2. The molecule has 2 N–H and O–H groups in total. The zero-order valence-corrected chi connectivity index (χ0v) is 13.7. The van der Waals surface area contributed by atoms with E-state index in [2.05, 4.69) is 20.5 Å². The van der Waals surface area contributed by atoms with Gasteiger partial charge < -0.3 is 15.5 Å². The van der Waals surface area contributed by atoms with Gasteiger partial charge in [-0.15, -0.1) is 0 Å². The zero-order chi connectivity index (χ0) is 16.2. The van der Waals surface area contributed by atoms with E-state index in [1.54, 1.807) is 12.1 Å². The number of rotatable bonds is 5. The number of carbonyl (C=O) groups is 2. The molecule has 7 heteroatoms. The number of anilines is 1. The molecular weight excluding hydrogens is 316 g/mol. The van der Waals surface area contributed by atoms with E-state index in [1.807, 2.05) is 0 Å². The van der Waals surface area contributed by atoms with E-state index in [-0.39, 0.29) is 30.7 Å². The van der Waals surface area contributed by atoms with Gasteiger partial charge in [-0.05, 0) is 44.0 Å². The summed E-state index contributed by atoms with van der Waals surface area (Å²) >= 11 is 5.74. The fraction of sp³-hybridized carbons (Fsp3) is 0.562. The molecule has 124 valence electrons. The Balaban J connectivity index is 1.40.